The number of nitrogens with one attached hydrogen (secondary N) is 2. The van der Waals surface area contributed by atoms with Crippen LogP contribution in [0.15, 0.2) is 48.9 Å². The average Bonchev–Trinajstić information content (AvgIpc) is 3.45. The zero-order valence-electron chi connectivity index (χ0n) is 24.2. The van der Waals surface area contributed by atoms with Gasteiger partial charge in [-0.3, -0.25) is 14.1 Å². The molecular formula is C31H35F2N7O3. The van der Waals surface area contributed by atoms with Gasteiger partial charge in [0.25, 0.3) is 5.91 Å². The number of anilines is 2. The number of piperazine rings is 1. The molecule has 2 aliphatic rings. The fourth-order valence-corrected chi connectivity index (χ4v) is 5.96. The second kappa shape index (κ2) is 12.2. The van der Waals surface area contributed by atoms with Gasteiger partial charge in [-0.25, -0.2) is 14.4 Å². The molecule has 10 nitrogen and oxygen atoms in total. The lowest BCUT2D eigenvalue weighted by Gasteiger charge is -2.38. The Hall–Kier alpha value is -4.13. The van der Waals surface area contributed by atoms with Crippen LogP contribution in [-0.4, -0.2) is 94.2 Å². The highest BCUT2D eigenvalue weighted by Crippen LogP contribution is 2.32. The van der Waals surface area contributed by atoms with E-state index in [1.54, 1.807) is 16.8 Å². The van der Waals surface area contributed by atoms with Crippen LogP contribution in [0.2, 0.25) is 0 Å². The van der Waals surface area contributed by atoms with Gasteiger partial charge in [0.2, 0.25) is 5.82 Å². The third-order valence-corrected chi connectivity index (χ3v) is 8.43. The number of imidazole rings is 1. The zero-order chi connectivity index (χ0) is 30.1. The van der Waals surface area contributed by atoms with E-state index in [1.807, 2.05) is 30.0 Å². The van der Waals surface area contributed by atoms with Gasteiger partial charge in [-0.15, -0.1) is 0 Å². The molecule has 6 rings (SSSR count). The van der Waals surface area contributed by atoms with Crippen LogP contribution >= 0.6 is 0 Å². The molecule has 1 amide bonds. The Morgan fingerprint density at radius 3 is 2.70 bits per heavy atom. The van der Waals surface area contributed by atoms with E-state index in [2.05, 4.69) is 25.5 Å². The van der Waals surface area contributed by atoms with Gasteiger partial charge in [0.15, 0.2) is 23.0 Å². The molecule has 4 aromatic rings. The van der Waals surface area contributed by atoms with Crippen LogP contribution in [0, 0.1) is 24.5 Å². The Balaban J connectivity index is 1.14. The highest BCUT2D eigenvalue weighted by atomic mass is 19.2. The van der Waals surface area contributed by atoms with Gasteiger partial charge in [-0.2, -0.15) is 4.39 Å². The van der Waals surface area contributed by atoms with Crippen LogP contribution in [0.4, 0.5) is 20.3 Å². The summed E-state index contributed by atoms with van der Waals surface area (Å²) in [6.45, 7) is 7.20. The first-order valence-electron chi connectivity index (χ1n) is 14.5. The molecule has 0 unspecified atom stereocenters. The second-order valence-electron chi connectivity index (χ2n) is 11.1. The summed E-state index contributed by atoms with van der Waals surface area (Å²) in [6, 6.07) is 8.34. The van der Waals surface area contributed by atoms with E-state index in [0.29, 0.717) is 48.0 Å². The topological polar surface area (TPSA) is 107 Å². The third kappa shape index (κ3) is 5.77. The Morgan fingerprint density at radius 1 is 1.14 bits per heavy atom. The van der Waals surface area contributed by atoms with E-state index in [-0.39, 0.29) is 29.2 Å². The smallest absolute Gasteiger partial charge is 0.254 e. The number of benzene rings is 2. The van der Waals surface area contributed by atoms with Gasteiger partial charge in [0, 0.05) is 68.5 Å². The predicted molar refractivity (Wildman–Crippen MR) is 159 cm³/mol. The monoisotopic (exact) mass is 591 g/mol. The first kappa shape index (κ1) is 29.0. The minimum Gasteiger partial charge on any atom is -0.494 e. The number of halogens is 2. The lowest BCUT2D eigenvalue weighted by atomic mass is 9.94. The van der Waals surface area contributed by atoms with Gasteiger partial charge in [0.1, 0.15) is 0 Å². The van der Waals surface area contributed by atoms with Crippen LogP contribution < -0.4 is 15.4 Å². The minimum atomic E-state index is -1.06. The lowest BCUT2D eigenvalue weighted by Crippen LogP contribution is -2.52. The number of aliphatic hydroxyl groups is 1. The Kier molecular flexibility index (Phi) is 8.24. The normalized spacial score (nSPS) is 19.5. The summed E-state index contributed by atoms with van der Waals surface area (Å²) in [4.78, 5) is 26.5. The highest BCUT2D eigenvalue weighted by Gasteiger charge is 2.28. The molecule has 0 aliphatic carbocycles. The number of amides is 1. The zero-order valence-corrected chi connectivity index (χ0v) is 24.2. The molecule has 4 heterocycles. The maximum absolute atomic E-state index is 14.8. The van der Waals surface area contributed by atoms with E-state index in [0.717, 1.165) is 38.2 Å². The molecule has 0 radical (unpaired) electrons. The highest BCUT2D eigenvalue weighted by molar-refractivity contribution is 5.96. The molecule has 2 saturated heterocycles. The molecule has 0 saturated carbocycles. The standard InChI is InChI=1S/C31H35F2N7O3/c1-19-15-21(3-4-22(19)31(42)39-13-11-38(12-14-39)18-20-7-8-34-17-25(20)41)37-29-30-36-16-24(40(30)10-9-35-29)23-5-6-26(43-2)28(33)27(23)32/h3-6,9-10,15-16,20,25,34,41H,7-8,11-14,17-18H2,1-2H3,(H,35,37)/t20-,25+/m0/s1. The number of aryl methyl sites for hydroxylation is 1. The maximum Gasteiger partial charge on any atom is 0.254 e. The van der Waals surface area contributed by atoms with Gasteiger partial charge in [-0.1, -0.05) is 0 Å². The van der Waals surface area contributed by atoms with Crippen LogP contribution in [0.3, 0.4) is 0 Å². The van der Waals surface area contributed by atoms with Crippen molar-refractivity contribution < 1.29 is 23.4 Å². The number of hydrogen-bond acceptors (Lipinski definition) is 8. The predicted octanol–water partition coefficient (Wildman–Crippen LogP) is 3.46. The van der Waals surface area contributed by atoms with E-state index < -0.39 is 11.6 Å². The first-order chi connectivity index (χ1) is 20.8. The summed E-state index contributed by atoms with van der Waals surface area (Å²) in [5.74, 6) is -1.57. The van der Waals surface area contributed by atoms with Crippen molar-refractivity contribution in [3.63, 3.8) is 0 Å². The maximum atomic E-state index is 14.8. The SMILES string of the molecule is COc1ccc(-c2cnc3c(Nc4ccc(C(=O)N5CCN(C[C@@H]6CCNC[C@H]6O)CC5)c(C)c4)nccn23)c(F)c1F. The largest absolute Gasteiger partial charge is 0.494 e. The molecule has 2 aromatic carbocycles. The van der Waals surface area contributed by atoms with Gasteiger partial charge in [0.05, 0.1) is 25.1 Å². The van der Waals surface area contributed by atoms with Crippen molar-refractivity contribution in [2.24, 2.45) is 5.92 Å². The third-order valence-electron chi connectivity index (χ3n) is 8.43. The molecule has 0 spiro atoms. The number of aromatic nitrogens is 3. The number of ether oxygens (including phenoxy) is 1. The van der Waals surface area contributed by atoms with Crippen molar-refractivity contribution in [3.05, 3.63) is 71.7 Å². The number of fused-ring (bicyclic) bond motifs is 1. The van der Waals surface area contributed by atoms with Gasteiger partial charge in [-0.05, 0) is 61.7 Å². The van der Waals surface area contributed by atoms with Crippen molar-refractivity contribution in [1.29, 1.82) is 0 Å². The average molecular weight is 592 g/mol. The number of nitrogens with zero attached hydrogens (tertiary/aromatic N) is 5. The van der Waals surface area contributed by atoms with Crippen molar-refractivity contribution in [3.8, 4) is 17.0 Å². The van der Waals surface area contributed by atoms with E-state index in [4.69, 9.17) is 4.74 Å². The number of carbonyl (C=O) groups excluding carboxylic acids is 1. The summed E-state index contributed by atoms with van der Waals surface area (Å²) in [6.07, 6.45) is 5.29. The Bertz CT molecular complexity index is 1640. The molecule has 3 N–H and O–H groups in total. The second-order valence-corrected chi connectivity index (χ2v) is 11.1. The van der Waals surface area contributed by atoms with Crippen LogP contribution in [-0.2, 0) is 0 Å². The molecule has 12 heteroatoms. The number of rotatable bonds is 7. The number of methoxy groups -OCH3 is 1. The summed E-state index contributed by atoms with van der Waals surface area (Å²) in [5.41, 5.74) is 3.02. The molecule has 226 valence electrons. The van der Waals surface area contributed by atoms with Crippen molar-refractivity contribution in [2.45, 2.75) is 19.4 Å². The molecule has 2 aromatic heterocycles. The van der Waals surface area contributed by atoms with Crippen LogP contribution in [0.25, 0.3) is 16.9 Å². The Labute approximate surface area is 248 Å². The first-order valence-corrected chi connectivity index (χ1v) is 14.5. The number of carbonyl (C=O) groups is 1. The summed E-state index contributed by atoms with van der Waals surface area (Å²) >= 11 is 0. The van der Waals surface area contributed by atoms with Crippen molar-refractivity contribution >= 4 is 23.1 Å². The van der Waals surface area contributed by atoms with E-state index >= 15 is 0 Å². The van der Waals surface area contributed by atoms with Crippen molar-refractivity contribution in [2.75, 3.05) is 58.2 Å². The minimum absolute atomic E-state index is 0.00234. The molecular weight excluding hydrogens is 556 g/mol. The molecule has 0 bridgehead atoms. The quantitative estimate of drug-likeness (QED) is 0.300. The fraction of sp³-hybridized carbons (Fsp3) is 0.387. The summed E-state index contributed by atoms with van der Waals surface area (Å²) < 4.78 is 35.7. The fourth-order valence-electron chi connectivity index (χ4n) is 5.96. The summed E-state index contributed by atoms with van der Waals surface area (Å²) in [7, 11) is 1.28. The van der Waals surface area contributed by atoms with E-state index in [9.17, 15) is 18.7 Å². The molecule has 43 heavy (non-hydrogen) atoms. The van der Waals surface area contributed by atoms with E-state index in [1.165, 1.54) is 25.4 Å². The number of β-amino-alcohol motifs (C(OH)–C–C–N with tert-alkyl or cyclic N) is 1. The Morgan fingerprint density at radius 2 is 1.95 bits per heavy atom. The van der Waals surface area contributed by atoms with Gasteiger partial charge >= 0.3 is 0 Å². The molecule has 2 fully saturated rings. The summed E-state index contributed by atoms with van der Waals surface area (Å²) in [5, 5.41) is 16.7. The number of piperidine rings is 1. The number of hydrogen-bond donors (Lipinski definition) is 3. The number of aliphatic hydroxyl groups excluding tert-OH is 1. The van der Waals surface area contributed by atoms with Crippen molar-refractivity contribution in [1.82, 2.24) is 29.5 Å². The molecule has 2 aliphatic heterocycles. The van der Waals surface area contributed by atoms with Crippen LogP contribution in [0.1, 0.15) is 22.3 Å². The lowest BCUT2D eigenvalue weighted by molar-refractivity contribution is 0.0370. The van der Waals surface area contributed by atoms with Crippen LogP contribution in [0.5, 0.6) is 5.75 Å². The van der Waals surface area contributed by atoms with Gasteiger partial charge < -0.3 is 25.4 Å². The molecule has 2 atom stereocenters.